The van der Waals surface area contributed by atoms with Crippen molar-refractivity contribution in [2.24, 2.45) is 0 Å². The number of carboxylic acid groups (broad SMARTS) is 2. The molecule has 0 amide bonds. The van der Waals surface area contributed by atoms with E-state index in [0.29, 0.717) is 0 Å². The Morgan fingerprint density at radius 1 is 1.29 bits per heavy atom. The van der Waals surface area contributed by atoms with E-state index in [1.807, 2.05) is 0 Å². The number of hydrogen-bond donors (Lipinski definition) is 1. The fraction of sp³-hybridized carbons (Fsp3) is 0.333. The largest absolute Gasteiger partial charge is 0.550 e. The number of methoxy groups -OCH3 is 1. The summed E-state index contributed by atoms with van der Waals surface area (Å²) in [7, 11) is -2.71. The van der Waals surface area contributed by atoms with E-state index < -0.39 is 27.5 Å². The maximum atomic E-state index is 11.9. The summed E-state index contributed by atoms with van der Waals surface area (Å²) in [6, 6.07) is 3.28. The van der Waals surface area contributed by atoms with Crippen LogP contribution in [-0.4, -0.2) is 34.0 Å². The van der Waals surface area contributed by atoms with Crippen LogP contribution >= 0.6 is 0 Å². The summed E-state index contributed by atoms with van der Waals surface area (Å²) in [6.07, 6.45) is -0.222. The molecule has 9 heteroatoms. The molecule has 0 heterocycles. The molecule has 0 saturated carbocycles. The molecule has 1 N–H and O–H groups in total. The van der Waals surface area contributed by atoms with Gasteiger partial charge in [-0.3, -0.25) is 0 Å². The first-order valence-corrected chi connectivity index (χ1v) is 7.35. The van der Waals surface area contributed by atoms with Gasteiger partial charge in [0, 0.05) is 18.1 Å². The smallest absolute Gasteiger partial charge is 0.240 e. The lowest BCUT2D eigenvalue weighted by Gasteiger charge is -2.12. The van der Waals surface area contributed by atoms with Crippen molar-refractivity contribution in [1.82, 2.24) is 4.72 Å². The van der Waals surface area contributed by atoms with E-state index in [9.17, 15) is 28.2 Å². The van der Waals surface area contributed by atoms with Gasteiger partial charge in [0.15, 0.2) is 0 Å². The third kappa shape index (κ3) is 4.72. The lowest BCUT2D eigenvalue weighted by molar-refractivity contribution is -0.305. The van der Waals surface area contributed by atoms with Crippen molar-refractivity contribution in [2.45, 2.75) is 17.7 Å². The molecule has 0 fully saturated rings. The number of sulfonamides is 1. The molecular formula is C12H13NO7S-2. The van der Waals surface area contributed by atoms with Crippen LogP contribution in [0.3, 0.4) is 0 Å². The first-order valence-electron chi connectivity index (χ1n) is 5.87. The highest BCUT2D eigenvalue weighted by Gasteiger charge is 2.16. The van der Waals surface area contributed by atoms with Crippen molar-refractivity contribution in [3.63, 3.8) is 0 Å². The van der Waals surface area contributed by atoms with E-state index >= 15 is 0 Å². The van der Waals surface area contributed by atoms with E-state index in [1.165, 1.54) is 19.2 Å². The zero-order chi connectivity index (χ0) is 16.0. The molecule has 21 heavy (non-hydrogen) atoms. The number of aromatic carboxylic acids is 1. The average molecular weight is 315 g/mol. The van der Waals surface area contributed by atoms with Crippen LogP contribution in [0, 0.1) is 0 Å². The maximum absolute atomic E-state index is 11.9. The number of ether oxygens (including phenoxy) is 1. The van der Waals surface area contributed by atoms with Crippen LogP contribution in [0.5, 0.6) is 5.75 Å². The molecule has 0 atom stereocenters. The van der Waals surface area contributed by atoms with Gasteiger partial charge in [0.25, 0.3) is 0 Å². The van der Waals surface area contributed by atoms with Gasteiger partial charge in [-0.1, -0.05) is 0 Å². The van der Waals surface area contributed by atoms with Gasteiger partial charge in [0.2, 0.25) is 10.0 Å². The van der Waals surface area contributed by atoms with Crippen molar-refractivity contribution in [3.05, 3.63) is 23.8 Å². The Balaban J connectivity index is 2.90. The van der Waals surface area contributed by atoms with Crippen LogP contribution in [0.4, 0.5) is 0 Å². The van der Waals surface area contributed by atoms with Crippen LogP contribution in [0.1, 0.15) is 23.2 Å². The van der Waals surface area contributed by atoms with Crippen molar-refractivity contribution in [1.29, 1.82) is 0 Å². The summed E-state index contributed by atoms with van der Waals surface area (Å²) in [5, 5.41) is 21.1. The quantitative estimate of drug-likeness (QED) is 0.541. The molecule has 8 nitrogen and oxygen atoms in total. The minimum Gasteiger partial charge on any atom is -0.550 e. The molecule has 0 aliphatic rings. The lowest BCUT2D eigenvalue weighted by atomic mass is 10.2. The molecule has 1 aromatic rings. The van der Waals surface area contributed by atoms with Crippen LogP contribution < -0.4 is 19.7 Å². The monoisotopic (exact) mass is 315 g/mol. The Labute approximate surface area is 121 Å². The molecule has 0 aliphatic heterocycles. The number of aliphatic carboxylic acids is 1. The zero-order valence-electron chi connectivity index (χ0n) is 11.1. The first kappa shape index (κ1) is 16.9. The minimum atomic E-state index is -3.95. The highest BCUT2D eigenvalue weighted by Crippen LogP contribution is 2.21. The number of nitrogens with one attached hydrogen (secondary N) is 1. The SMILES string of the molecule is COc1ccc(S(=O)(=O)NCCCC(=O)[O-])cc1C(=O)[O-]. The third-order valence-corrected chi connectivity index (χ3v) is 4.01. The normalized spacial score (nSPS) is 11.1. The van der Waals surface area contributed by atoms with Gasteiger partial charge >= 0.3 is 0 Å². The van der Waals surface area contributed by atoms with Crippen LogP contribution in [0.2, 0.25) is 0 Å². The topological polar surface area (TPSA) is 136 Å². The second kappa shape index (κ2) is 7.04. The summed E-state index contributed by atoms with van der Waals surface area (Å²) in [5.41, 5.74) is -0.393. The molecule has 0 aliphatic carbocycles. The minimum absolute atomic E-state index is 0.0223. The van der Waals surface area contributed by atoms with Gasteiger partial charge < -0.3 is 24.5 Å². The van der Waals surface area contributed by atoms with E-state index in [4.69, 9.17) is 4.74 Å². The molecule has 0 saturated heterocycles. The predicted octanol–water partition coefficient (Wildman–Crippen LogP) is -2.13. The number of carboxylic acids is 2. The first-order chi connectivity index (χ1) is 9.77. The Bertz CT molecular complexity index is 639. The fourth-order valence-electron chi connectivity index (χ4n) is 1.54. The van der Waals surface area contributed by atoms with Crippen LogP contribution in [-0.2, 0) is 14.8 Å². The standard InChI is InChI=1S/C12H15NO7S/c1-20-10-5-4-8(7-9(10)12(16)17)21(18,19)13-6-2-3-11(14)15/h4-5,7,13H,2-3,6H2,1H3,(H,14,15)(H,16,17)/p-2. The number of carbonyl (C=O) groups excluding carboxylic acids is 2. The van der Waals surface area contributed by atoms with E-state index in [0.717, 1.165) is 6.07 Å². The third-order valence-electron chi connectivity index (χ3n) is 2.55. The maximum Gasteiger partial charge on any atom is 0.240 e. The highest BCUT2D eigenvalue weighted by atomic mass is 32.2. The second-order valence-electron chi connectivity index (χ2n) is 4.02. The van der Waals surface area contributed by atoms with Crippen molar-refractivity contribution in [3.8, 4) is 5.75 Å². The van der Waals surface area contributed by atoms with Gasteiger partial charge in [-0.05, 0) is 31.0 Å². The van der Waals surface area contributed by atoms with Crippen molar-refractivity contribution < 1.29 is 33.0 Å². The summed E-state index contributed by atoms with van der Waals surface area (Å²) >= 11 is 0. The van der Waals surface area contributed by atoms with E-state index in [2.05, 4.69) is 4.72 Å². The lowest BCUT2D eigenvalue weighted by Crippen LogP contribution is -2.28. The number of carbonyl (C=O) groups is 2. The van der Waals surface area contributed by atoms with Gasteiger partial charge in [-0.25, -0.2) is 13.1 Å². The summed E-state index contributed by atoms with van der Waals surface area (Å²) in [4.78, 5) is 20.8. The molecule has 0 unspecified atom stereocenters. The second-order valence-corrected chi connectivity index (χ2v) is 5.79. The van der Waals surface area contributed by atoms with Crippen LogP contribution in [0.15, 0.2) is 23.1 Å². The molecule has 0 aromatic heterocycles. The number of benzene rings is 1. The Morgan fingerprint density at radius 3 is 2.48 bits per heavy atom. The molecule has 1 aromatic carbocycles. The molecule has 0 radical (unpaired) electrons. The predicted molar refractivity (Wildman–Crippen MR) is 66.8 cm³/mol. The molecule has 0 spiro atoms. The molecule has 0 bridgehead atoms. The van der Waals surface area contributed by atoms with E-state index in [1.54, 1.807) is 0 Å². The molecule has 1 rings (SSSR count). The van der Waals surface area contributed by atoms with Gasteiger partial charge in [-0.2, -0.15) is 0 Å². The summed E-state index contributed by atoms with van der Waals surface area (Å²) < 4.78 is 30.8. The Morgan fingerprint density at radius 2 is 1.95 bits per heavy atom. The fourth-order valence-corrected chi connectivity index (χ4v) is 2.64. The average Bonchev–Trinajstić information content (AvgIpc) is 2.42. The van der Waals surface area contributed by atoms with Gasteiger partial charge in [-0.15, -0.1) is 0 Å². The molecular weight excluding hydrogens is 302 g/mol. The van der Waals surface area contributed by atoms with E-state index in [-0.39, 0.29) is 30.0 Å². The highest BCUT2D eigenvalue weighted by molar-refractivity contribution is 7.89. The number of rotatable bonds is 8. The molecule has 116 valence electrons. The van der Waals surface area contributed by atoms with Gasteiger partial charge in [0.05, 0.1) is 18.0 Å². The number of hydrogen-bond acceptors (Lipinski definition) is 7. The Kier molecular flexibility index (Phi) is 5.68. The summed E-state index contributed by atoms with van der Waals surface area (Å²) in [6.45, 7) is -0.108. The van der Waals surface area contributed by atoms with Crippen molar-refractivity contribution in [2.75, 3.05) is 13.7 Å². The van der Waals surface area contributed by atoms with Crippen LogP contribution in [0.25, 0.3) is 0 Å². The van der Waals surface area contributed by atoms with Crippen molar-refractivity contribution >= 4 is 22.0 Å². The Hall–Kier alpha value is -2.13. The zero-order valence-corrected chi connectivity index (χ0v) is 11.9. The summed E-state index contributed by atoms with van der Waals surface area (Å²) in [5.74, 6) is -2.87. The van der Waals surface area contributed by atoms with Gasteiger partial charge in [0.1, 0.15) is 5.75 Å².